The first-order valence-electron chi connectivity index (χ1n) is 7.21. The molecule has 1 fully saturated rings. The Morgan fingerprint density at radius 3 is 3.00 bits per heavy atom. The molecule has 0 radical (unpaired) electrons. The second-order valence-electron chi connectivity index (χ2n) is 6.37. The minimum atomic E-state index is 0.303. The second kappa shape index (κ2) is 3.17. The maximum atomic E-state index is 2.51. The van der Waals surface area contributed by atoms with Crippen molar-refractivity contribution < 1.29 is 0 Å². The molecule has 92 valence electrons. The van der Waals surface area contributed by atoms with Crippen molar-refractivity contribution in [3.8, 4) is 0 Å². The standard InChI is InChI=1S/C18H20/c1-3-18-11-10-15-9-5-7-13-6-4-8-14(12-18)16(13)17(15,18)2/h4-9H,3,10-12H2,1-2H3. The van der Waals surface area contributed by atoms with Crippen molar-refractivity contribution in [3.63, 3.8) is 0 Å². The van der Waals surface area contributed by atoms with E-state index in [1.807, 2.05) is 0 Å². The van der Waals surface area contributed by atoms with Crippen molar-refractivity contribution in [2.24, 2.45) is 5.41 Å². The molecule has 0 nitrogen and oxygen atoms in total. The highest BCUT2D eigenvalue weighted by Crippen LogP contribution is 2.66. The molecule has 0 bridgehead atoms. The Kier molecular flexibility index (Phi) is 1.87. The lowest BCUT2D eigenvalue weighted by Crippen LogP contribution is -2.36. The SMILES string of the molecule is CCC12CCC3=CC=Cc4cccc(c4C31C)C2. The molecule has 0 amide bonds. The summed E-state index contributed by atoms with van der Waals surface area (Å²) in [5.74, 6) is 0. The van der Waals surface area contributed by atoms with Gasteiger partial charge in [0.1, 0.15) is 0 Å². The zero-order valence-corrected chi connectivity index (χ0v) is 11.3. The van der Waals surface area contributed by atoms with Gasteiger partial charge < -0.3 is 0 Å². The molecule has 0 heterocycles. The van der Waals surface area contributed by atoms with Gasteiger partial charge in [0.2, 0.25) is 0 Å². The minimum absolute atomic E-state index is 0.303. The molecule has 0 aliphatic heterocycles. The Morgan fingerprint density at radius 1 is 1.28 bits per heavy atom. The summed E-state index contributed by atoms with van der Waals surface area (Å²) in [6.07, 6.45) is 12.2. The smallest absolute Gasteiger partial charge is 0.0204 e. The average Bonchev–Trinajstić information content (AvgIpc) is 2.71. The molecule has 0 aromatic heterocycles. The van der Waals surface area contributed by atoms with Crippen molar-refractivity contribution in [1.82, 2.24) is 0 Å². The zero-order valence-electron chi connectivity index (χ0n) is 11.3. The fourth-order valence-electron chi connectivity index (χ4n) is 4.96. The third-order valence-electron chi connectivity index (χ3n) is 6.04. The molecule has 1 aromatic carbocycles. The van der Waals surface area contributed by atoms with E-state index in [-0.39, 0.29) is 0 Å². The van der Waals surface area contributed by atoms with Crippen LogP contribution in [-0.2, 0) is 11.8 Å². The molecular weight excluding hydrogens is 216 g/mol. The van der Waals surface area contributed by atoms with E-state index in [0.717, 1.165) is 0 Å². The molecule has 2 atom stereocenters. The minimum Gasteiger partial charge on any atom is -0.0648 e. The van der Waals surface area contributed by atoms with E-state index >= 15 is 0 Å². The lowest BCUT2D eigenvalue weighted by atomic mass is 9.64. The molecule has 0 heteroatoms. The molecular formula is C18H20. The van der Waals surface area contributed by atoms with Crippen LogP contribution in [-0.4, -0.2) is 0 Å². The number of rotatable bonds is 1. The Labute approximate surface area is 109 Å². The molecule has 0 saturated heterocycles. The van der Waals surface area contributed by atoms with E-state index in [1.54, 1.807) is 16.7 Å². The van der Waals surface area contributed by atoms with Gasteiger partial charge in [-0.3, -0.25) is 0 Å². The van der Waals surface area contributed by atoms with E-state index in [1.165, 1.54) is 31.2 Å². The van der Waals surface area contributed by atoms with Crippen molar-refractivity contribution >= 4 is 6.08 Å². The maximum Gasteiger partial charge on any atom is 0.0204 e. The summed E-state index contributed by atoms with van der Waals surface area (Å²) in [5.41, 5.74) is 7.17. The van der Waals surface area contributed by atoms with Gasteiger partial charge in [0, 0.05) is 5.41 Å². The zero-order chi connectivity index (χ0) is 12.4. The lowest BCUT2D eigenvalue weighted by molar-refractivity contribution is 0.205. The van der Waals surface area contributed by atoms with Crippen LogP contribution in [0.1, 0.15) is 49.8 Å². The molecule has 3 aliphatic carbocycles. The molecule has 1 saturated carbocycles. The average molecular weight is 236 g/mol. The Hall–Kier alpha value is -1.30. The summed E-state index contributed by atoms with van der Waals surface area (Å²) in [7, 11) is 0. The maximum absolute atomic E-state index is 2.51. The van der Waals surface area contributed by atoms with Crippen molar-refractivity contribution in [1.29, 1.82) is 0 Å². The van der Waals surface area contributed by atoms with Gasteiger partial charge in [0.15, 0.2) is 0 Å². The summed E-state index contributed by atoms with van der Waals surface area (Å²) >= 11 is 0. The second-order valence-corrected chi connectivity index (χ2v) is 6.37. The predicted molar refractivity (Wildman–Crippen MR) is 76.6 cm³/mol. The van der Waals surface area contributed by atoms with E-state index in [0.29, 0.717) is 10.8 Å². The van der Waals surface area contributed by atoms with Gasteiger partial charge in [0.05, 0.1) is 0 Å². The first kappa shape index (κ1) is 10.6. The number of allylic oxidation sites excluding steroid dienone is 3. The fourth-order valence-corrected chi connectivity index (χ4v) is 4.96. The van der Waals surface area contributed by atoms with Crippen LogP contribution in [0.25, 0.3) is 6.08 Å². The van der Waals surface area contributed by atoms with Crippen molar-refractivity contribution in [2.45, 2.75) is 44.9 Å². The van der Waals surface area contributed by atoms with E-state index in [9.17, 15) is 0 Å². The van der Waals surface area contributed by atoms with E-state index in [4.69, 9.17) is 0 Å². The molecule has 3 aliphatic rings. The van der Waals surface area contributed by atoms with Crippen LogP contribution in [0.2, 0.25) is 0 Å². The summed E-state index contributed by atoms with van der Waals surface area (Å²) in [6, 6.07) is 6.88. The van der Waals surface area contributed by atoms with Gasteiger partial charge in [-0.2, -0.15) is 0 Å². The van der Waals surface area contributed by atoms with Crippen LogP contribution < -0.4 is 0 Å². The molecule has 1 aromatic rings. The van der Waals surface area contributed by atoms with Crippen LogP contribution >= 0.6 is 0 Å². The Morgan fingerprint density at radius 2 is 2.17 bits per heavy atom. The third kappa shape index (κ3) is 0.957. The quantitative estimate of drug-likeness (QED) is 0.666. The van der Waals surface area contributed by atoms with Gasteiger partial charge in [0.25, 0.3) is 0 Å². The Balaban J connectivity index is 2.11. The number of benzene rings is 1. The van der Waals surface area contributed by atoms with Gasteiger partial charge in [-0.1, -0.05) is 55.8 Å². The van der Waals surface area contributed by atoms with Crippen LogP contribution in [0.4, 0.5) is 0 Å². The van der Waals surface area contributed by atoms with E-state index in [2.05, 4.69) is 50.3 Å². The Bertz CT molecular complexity index is 590. The topological polar surface area (TPSA) is 0 Å². The van der Waals surface area contributed by atoms with Crippen LogP contribution in [0.15, 0.2) is 35.9 Å². The van der Waals surface area contributed by atoms with Gasteiger partial charge >= 0.3 is 0 Å². The number of hydrogen-bond donors (Lipinski definition) is 0. The normalized spacial score (nSPS) is 35.3. The highest BCUT2D eigenvalue weighted by Gasteiger charge is 2.59. The summed E-state index contributed by atoms with van der Waals surface area (Å²) < 4.78 is 0. The first-order valence-corrected chi connectivity index (χ1v) is 7.21. The van der Waals surface area contributed by atoms with Crippen LogP contribution in [0.3, 0.4) is 0 Å². The van der Waals surface area contributed by atoms with Crippen LogP contribution in [0, 0.1) is 5.41 Å². The highest BCUT2D eigenvalue weighted by molar-refractivity contribution is 5.68. The largest absolute Gasteiger partial charge is 0.0648 e. The van der Waals surface area contributed by atoms with E-state index < -0.39 is 0 Å². The van der Waals surface area contributed by atoms with Gasteiger partial charge in [-0.05, 0) is 47.8 Å². The number of hydrogen-bond acceptors (Lipinski definition) is 0. The molecule has 2 unspecified atom stereocenters. The summed E-state index contributed by atoms with van der Waals surface area (Å²) in [5, 5.41) is 0. The fraction of sp³-hybridized carbons (Fsp3) is 0.444. The van der Waals surface area contributed by atoms with Crippen LogP contribution in [0.5, 0.6) is 0 Å². The van der Waals surface area contributed by atoms with Crippen molar-refractivity contribution in [3.05, 3.63) is 52.6 Å². The molecule has 18 heavy (non-hydrogen) atoms. The molecule has 0 spiro atoms. The predicted octanol–water partition coefficient (Wildman–Crippen LogP) is 4.64. The summed E-state index contributed by atoms with van der Waals surface area (Å²) in [4.78, 5) is 0. The molecule has 0 N–H and O–H groups in total. The van der Waals surface area contributed by atoms with Gasteiger partial charge in [-0.25, -0.2) is 0 Å². The first-order chi connectivity index (χ1) is 8.71. The molecule has 4 rings (SSSR count). The third-order valence-corrected chi connectivity index (χ3v) is 6.04. The van der Waals surface area contributed by atoms with Gasteiger partial charge in [-0.15, -0.1) is 0 Å². The highest BCUT2D eigenvalue weighted by atomic mass is 14.6. The van der Waals surface area contributed by atoms with Crippen molar-refractivity contribution in [2.75, 3.05) is 0 Å². The lowest BCUT2D eigenvalue weighted by Gasteiger charge is -2.39. The summed E-state index contributed by atoms with van der Waals surface area (Å²) in [6.45, 7) is 4.90. The monoisotopic (exact) mass is 236 g/mol.